The lowest BCUT2D eigenvalue weighted by atomic mass is 9.95. The van der Waals surface area contributed by atoms with Crippen LogP contribution in [0.25, 0.3) is 0 Å². The minimum atomic E-state index is -0.100. The van der Waals surface area contributed by atoms with E-state index in [9.17, 15) is 9.59 Å². The maximum Gasteiger partial charge on any atom is 0.253 e. The van der Waals surface area contributed by atoms with Crippen molar-refractivity contribution in [1.29, 1.82) is 0 Å². The van der Waals surface area contributed by atoms with Gasteiger partial charge in [0.1, 0.15) is 0 Å². The second-order valence-corrected chi connectivity index (χ2v) is 6.38. The van der Waals surface area contributed by atoms with Gasteiger partial charge in [-0.15, -0.1) is 24.8 Å². The summed E-state index contributed by atoms with van der Waals surface area (Å²) in [5.41, 5.74) is 0.637. The van der Waals surface area contributed by atoms with Crippen LogP contribution in [0.5, 0.6) is 0 Å². The van der Waals surface area contributed by atoms with Crippen molar-refractivity contribution >= 4 is 36.6 Å². The van der Waals surface area contributed by atoms with Crippen LogP contribution in [0.15, 0.2) is 24.5 Å². The Labute approximate surface area is 161 Å². The zero-order valence-corrected chi connectivity index (χ0v) is 15.8. The smallest absolute Gasteiger partial charge is 0.253 e. The Morgan fingerprint density at radius 3 is 2.60 bits per heavy atom. The molecule has 0 aliphatic carbocycles. The predicted molar refractivity (Wildman–Crippen MR) is 101 cm³/mol. The summed E-state index contributed by atoms with van der Waals surface area (Å²) in [7, 11) is 0. The Hall–Kier alpha value is -1.37. The summed E-state index contributed by atoms with van der Waals surface area (Å²) in [6.45, 7) is 3.10. The molecule has 2 saturated heterocycles. The van der Waals surface area contributed by atoms with Gasteiger partial charge < -0.3 is 15.5 Å². The third-order valence-corrected chi connectivity index (χ3v) is 4.65. The third kappa shape index (κ3) is 5.83. The molecule has 2 N–H and O–H groups in total. The lowest BCUT2D eigenvalue weighted by Gasteiger charge is -2.33. The van der Waals surface area contributed by atoms with Crippen LogP contribution in [0.4, 0.5) is 0 Å². The fourth-order valence-electron chi connectivity index (χ4n) is 3.35. The molecular weight excluding hydrogens is 363 g/mol. The van der Waals surface area contributed by atoms with Gasteiger partial charge in [-0.3, -0.25) is 14.6 Å². The first-order chi connectivity index (χ1) is 11.2. The van der Waals surface area contributed by atoms with Gasteiger partial charge in [0.15, 0.2) is 0 Å². The van der Waals surface area contributed by atoms with E-state index in [0.717, 1.165) is 45.3 Å². The standard InChI is InChI=1S/C17H24N4O2.2ClH/c22-16(20-15-4-1-7-19-11-15)14-3-2-10-21(12-14)17(23)13-5-8-18-9-6-13;;/h5-6,8-9,14-15,19H,1-4,7,10-12H2,(H,20,22);2*1H/t14?,15-;;/m0../s1. The number of aromatic nitrogens is 1. The lowest BCUT2D eigenvalue weighted by molar-refractivity contribution is -0.127. The van der Waals surface area contributed by atoms with Gasteiger partial charge in [0, 0.05) is 43.6 Å². The number of halogens is 2. The average molecular weight is 389 g/mol. The molecule has 0 saturated carbocycles. The normalized spacial score (nSPS) is 23.0. The predicted octanol–water partition coefficient (Wildman–Crippen LogP) is 1.65. The second-order valence-electron chi connectivity index (χ2n) is 6.38. The number of likely N-dealkylation sites (tertiary alicyclic amines) is 1. The highest BCUT2D eigenvalue weighted by Gasteiger charge is 2.30. The Kier molecular flexibility index (Phi) is 9.17. The first-order valence-electron chi connectivity index (χ1n) is 8.44. The highest BCUT2D eigenvalue weighted by molar-refractivity contribution is 5.94. The highest BCUT2D eigenvalue weighted by atomic mass is 35.5. The van der Waals surface area contributed by atoms with Gasteiger partial charge >= 0.3 is 0 Å². The summed E-state index contributed by atoms with van der Waals surface area (Å²) in [5.74, 6) is -0.0216. The van der Waals surface area contributed by atoms with E-state index in [1.54, 1.807) is 29.4 Å². The van der Waals surface area contributed by atoms with Crippen LogP contribution < -0.4 is 10.6 Å². The van der Waals surface area contributed by atoms with E-state index in [2.05, 4.69) is 15.6 Å². The molecule has 2 aliphatic heterocycles. The van der Waals surface area contributed by atoms with Crippen molar-refractivity contribution in [3.05, 3.63) is 30.1 Å². The molecule has 3 heterocycles. The molecule has 0 bridgehead atoms. The number of amides is 2. The SMILES string of the molecule is Cl.Cl.O=C(N[C@H]1CCCNC1)C1CCCN(C(=O)c2ccncc2)C1. The van der Waals surface area contributed by atoms with E-state index >= 15 is 0 Å². The van der Waals surface area contributed by atoms with Gasteiger partial charge in [-0.05, 0) is 44.4 Å². The first kappa shape index (κ1) is 21.7. The van der Waals surface area contributed by atoms with Crippen molar-refractivity contribution in [2.45, 2.75) is 31.7 Å². The molecule has 1 aromatic rings. The van der Waals surface area contributed by atoms with Crippen molar-refractivity contribution in [3.63, 3.8) is 0 Å². The van der Waals surface area contributed by atoms with Gasteiger partial charge in [0.05, 0.1) is 5.92 Å². The van der Waals surface area contributed by atoms with E-state index in [4.69, 9.17) is 0 Å². The lowest BCUT2D eigenvalue weighted by Crippen LogP contribution is -2.51. The number of piperidine rings is 2. The average Bonchev–Trinajstić information content (AvgIpc) is 2.63. The highest BCUT2D eigenvalue weighted by Crippen LogP contribution is 2.19. The van der Waals surface area contributed by atoms with Crippen molar-refractivity contribution < 1.29 is 9.59 Å². The summed E-state index contributed by atoms with van der Waals surface area (Å²) < 4.78 is 0. The maximum atomic E-state index is 12.5. The summed E-state index contributed by atoms with van der Waals surface area (Å²) in [6.07, 6.45) is 7.10. The molecule has 2 amide bonds. The summed E-state index contributed by atoms with van der Waals surface area (Å²) in [6, 6.07) is 3.67. The number of carbonyl (C=O) groups excluding carboxylic acids is 2. The number of rotatable bonds is 3. The molecule has 140 valence electrons. The summed E-state index contributed by atoms with van der Waals surface area (Å²) in [5, 5.41) is 6.44. The fraction of sp³-hybridized carbons (Fsp3) is 0.588. The Balaban J connectivity index is 0.00000156. The van der Waals surface area contributed by atoms with Gasteiger partial charge in [-0.25, -0.2) is 0 Å². The number of pyridine rings is 1. The number of carbonyl (C=O) groups is 2. The van der Waals surface area contributed by atoms with Crippen LogP contribution in [0.2, 0.25) is 0 Å². The molecule has 6 nitrogen and oxygen atoms in total. The molecule has 0 spiro atoms. The summed E-state index contributed by atoms with van der Waals surface area (Å²) >= 11 is 0. The quantitative estimate of drug-likeness (QED) is 0.825. The monoisotopic (exact) mass is 388 g/mol. The van der Waals surface area contributed by atoms with E-state index < -0.39 is 0 Å². The van der Waals surface area contributed by atoms with E-state index in [1.807, 2.05) is 0 Å². The molecule has 2 aliphatic rings. The number of hydrogen-bond donors (Lipinski definition) is 2. The Bertz CT molecular complexity index is 553. The van der Waals surface area contributed by atoms with Gasteiger partial charge in [0.2, 0.25) is 5.91 Å². The molecule has 3 rings (SSSR count). The van der Waals surface area contributed by atoms with Crippen LogP contribution in [-0.2, 0) is 4.79 Å². The van der Waals surface area contributed by atoms with Crippen LogP contribution in [0.1, 0.15) is 36.0 Å². The number of nitrogens with zero attached hydrogens (tertiary/aromatic N) is 2. The van der Waals surface area contributed by atoms with Crippen molar-refractivity contribution in [3.8, 4) is 0 Å². The first-order valence-corrected chi connectivity index (χ1v) is 8.44. The molecule has 2 fully saturated rings. The van der Waals surface area contributed by atoms with E-state index in [1.165, 1.54) is 0 Å². The fourth-order valence-corrected chi connectivity index (χ4v) is 3.35. The van der Waals surface area contributed by atoms with E-state index in [-0.39, 0.29) is 48.6 Å². The largest absolute Gasteiger partial charge is 0.352 e. The number of nitrogens with one attached hydrogen (secondary N) is 2. The Morgan fingerprint density at radius 2 is 1.92 bits per heavy atom. The van der Waals surface area contributed by atoms with Crippen LogP contribution in [0.3, 0.4) is 0 Å². The Morgan fingerprint density at radius 1 is 1.16 bits per heavy atom. The molecule has 8 heteroatoms. The van der Waals surface area contributed by atoms with Crippen molar-refractivity contribution in [1.82, 2.24) is 20.5 Å². The van der Waals surface area contributed by atoms with Gasteiger partial charge in [-0.2, -0.15) is 0 Å². The maximum absolute atomic E-state index is 12.5. The minimum absolute atomic E-state index is 0. The molecule has 1 unspecified atom stereocenters. The van der Waals surface area contributed by atoms with Crippen molar-refractivity contribution in [2.75, 3.05) is 26.2 Å². The summed E-state index contributed by atoms with van der Waals surface area (Å²) in [4.78, 5) is 30.7. The van der Waals surface area contributed by atoms with E-state index in [0.29, 0.717) is 12.1 Å². The molecule has 0 aromatic carbocycles. The van der Waals surface area contributed by atoms with Crippen LogP contribution >= 0.6 is 24.8 Å². The topological polar surface area (TPSA) is 74.3 Å². The zero-order valence-electron chi connectivity index (χ0n) is 14.1. The molecule has 1 aromatic heterocycles. The van der Waals surface area contributed by atoms with Gasteiger partial charge in [0.25, 0.3) is 5.91 Å². The second kappa shape index (κ2) is 10.6. The molecule has 25 heavy (non-hydrogen) atoms. The van der Waals surface area contributed by atoms with Crippen LogP contribution in [-0.4, -0.2) is 53.9 Å². The van der Waals surface area contributed by atoms with Crippen molar-refractivity contribution in [2.24, 2.45) is 5.92 Å². The third-order valence-electron chi connectivity index (χ3n) is 4.65. The molecule has 2 atom stereocenters. The van der Waals surface area contributed by atoms with Gasteiger partial charge in [-0.1, -0.05) is 0 Å². The van der Waals surface area contributed by atoms with Crippen LogP contribution in [0, 0.1) is 5.92 Å². The molecule has 0 radical (unpaired) electrons. The zero-order chi connectivity index (χ0) is 16.1. The number of hydrogen-bond acceptors (Lipinski definition) is 4. The minimum Gasteiger partial charge on any atom is -0.352 e. The molecular formula is C17H26Cl2N4O2.